The molecule has 2 saturated heterocycles. The van der Waals surface area contributed by atoms with Gasteiger partial charge in [-0.2, -0.15) is 16.8 Å². The number of benzene rings is 4. The second-order valence-corrected chi connectivity index (χ2v) is 28.2. The average Bonchev–Trinajstić information content (AvgIpc) is 3.33. The van der Waals surface area contributed by atoms with E-state index in [4.69, 9.17) is 41.2 Å². The van der Waals surface area contributed by atoms with Crippen LogP contribution in [0.3, 0.4) is 0 Å². The lowest BCUT2D eigenvalue weighted by molar-refractivity contribution is -0.354. The topological polar surface area (TPSA) is 192 Å². The van der Waals surface area contributed by atoms with Gasteiger partial charge < -0.3 is 43.1 Å². The Labute approximate surface area is 428 Å². The maximum absolute atomic E-state index is 14.3. The van der Waals surface area contributed by atoms with E-state index >= 15 is 0 Å². The molecular formula is C54H76O15S2Si. The van der Waals surface area contributed by atoms with Crippen molar-refractivity contribution in [1.82, 2.24) is 0 Å². The molecule has 398 valence electrons. The van der Waals surface area contributed by atoms with Gasteiger partial charge >= 0.3 is 0 Å². The van der Waals surface area contributed by atoms with Crippen molar-refractivity contribution >= 4 is 28.6 Å². The molecule has 4 aromatic carbocycles. The van der Waals surface area contributed by atoms with Gasteiger partial charge in [-0.3, -0.25) is 8.37 Å². The van der Waals surface area contributed by atoms with Crippen molar-refractivity contribution in [2.75, 3.05) is 19.8 Å². The van der Waals surface area contributed by atoms with Gasteiger partial charge in [0.1, 0.15) is 42.7 Å². The molecule has 0 unspecified atom stereocenters. The molecule has 0 saturated carbocycles. The molecule has 0 amide bonds. The fraction of sp³-hybridized carbons (Fsp3) is 0.556. The Bertz CT molecular complexity index is 2460. The number of hydrogen-bond acceptors (Lipinski definition) is 15. The maximum atomic E-state index is 14.3. The van der Waals surface area contributed by atoms with Crippen molar-refractivity contribution in [1.29, 1.82) is 0 Å². The molecule has 0 aromatic heterocycles. The summed E-state index contributed by atoms with van der Waals surface area (Å²) in [4.78, 5) is -0.392. The van der Waals surface area contributed by atoms with E-state index in [-0.39, 0.29) is 47.9 Å². The van der Waals surface area contributed by atoms with Crippen molar-refractivity contribution in [2.24, 2.45) is 0 Å². The van der Waals surface area contributed by atoms with Crippen LogP contribution in [0.25, 0.3) is 0 Å². The summed E-state index contributed by atoms with van der Waals surface area (Å²) in [5.41, 5.74) is 3.30. The largest absolute Gasteiger partial charge is 0.408 e. The Morgan fingerprint density at radius 2 is 1.03 bits per heavy atom. The van der Waals surface area contributed by atoms with Crippen LogP contribution >= 0.6 is 0 Å². The number of aliphatic hydroxyl groups excluding tert-OH is 2. The summed E-state index contributed by atoms with van der Waals surface area (Å²) >= 11 is 0. The number of aryl methyl sites for hydroxylation is 2. The van der Waals surface area contributed by atoms with E-state index < -0.39 is 90.0 Å². The molecule has 0 radical (unpaired) electrons. The van der Waals surface area contributed by atoms with Crippen LogP contribution in [-0.4, -0.2) is 117 Å². The summed E-state index contributed by atoms with van der Waals surface area (Å²) in [5.74, 6) is 0. The van der Waals surface area contributed by atoms with E-state index in [2.05, 4.69) is 6.92 Å². The highest BCUT2D eigenvalue weighted by molar-refractivity contribution is 7.87. The van der Waals surface area contributed by atoms with Gasteiger partial charge in [0.05, 0.1) is 36.2 Å². The van der Waals surface area contributed by atoms with Crippen molar-refractivity contribution in [3.8, 4) is 0 Å². The number of ether oxygens (including phenoxy) is 6. The zero-order valence-corrected chi connectivity index (χ0v) is 45.6. The molecule has 4 aromatic rings. The van der Waals surface area contributed by atoms with E-state index in [1.807, 2.05) is 108 Å². The first-order chi connectivity index (χ1) is 34.2. The summed E-state index contributed by atoms with van der Waals surface area (Å²) in [7, 11) is -12.1. The summed E-state index contributed by atoms with van der Waals surface area (Å²) in [6, 6.07) is 30.8. The molecule has 0 bridgehead atoms. The first kappa shape index (κ1) is 57.8. The van der Waals surface area contributed by atoms with Crippen LogP contribution in [0.15, 0.2) is 119 Å². The highest BCUT2D eigenvalue weighted by Crippen LogP contribution is 2.41. The van der Waals surface area contributed by atoms with Gasteiger partial charge in [-0.05, 0) is 73.8 Å². The van der Waals surface area contributed by atoms with Crippen LogP contribution in [0.2, 0.25) is 18.1 Å². The smallest absolute Gasteiger partial charge is 0.297 e. The number of hydrogen-bond donors (Lipinski definition) is 2. The lowest BCUT2D eigenvalue weighted by atomic mass is 9.97. The Morgan fingerprint density at radius 1 is 0.569 bits per heavy atom. The van der Waals surface area contributed by atoms with Gasteiger partial charge in [0.25, 0.3) is 20.2 Å². The molecule has 2 N–H and O–H groups in total. The number of unbranched alkanes of at least 4 members (excludes halogenated alkanes) is 5. The Hall–Kier alpha value is -3.44. The zero-order chi connectivity index (χ0) is 52.1. The molecule has 2 aliphatic rings. The Morgan fingerprint density at radius 3 is 1.53 bits per heavy atom. The van der Waals surface area contributed by atoms with E-state index in [0.717, 1.165) is 54.4 Å². The van der Waals surface area contributed by atoms with E-state index in [0.29, 0.717) is 6.42 Å². The Kier molecular flexibility index (Phi) is 21.2. The third-order valence-electron chi connectivity index (χ3n) is 13.4. The Balaban J connectivity index is 1.42. The lowest BCUT2D eigenvalue weighted by Gasteiger charge is -2.50. The molecule has 18 heteroatoms. The van der Waals surface area contributed by atoms with Gasteiger partial charge in [0.2, 0.25) is 0 Å². The average molecular weight is 1060 g/mol. The monoisotopic (exact) mass is 1060 g/mol. The van der Waals surface area contributed by atoms with Crippen molar-refractivity contribution in [3.63, 3.8) is 0 Å². The minimum absolute atomic E-state index is 0.110. The molecule has 2 heterocycles. The molecule has 15 nitrogen and oxygen atoms in total. The molecule has 72 heavy (non-hydrogen) atoms. The van der Waals surface area contributed by atoms with Crippen molar-refractivity contribution in [2.45, 2.75) is 183 Å². The summed E-state index contributed by atoms with van der Waals surface area (Å²) in [5, 5.41) is 24.6. The zero-order valence-electron chi connectivity index (χ0n) is 43.0. The molecule has 10 atom stereocenters. The molecular weight excluding hydrogens is 981 g/mol. The molecule has 6 rings (SSSR count). The normalized spacial score (nSPS) is 25.4. The highest BCUT2D eigenvalue weighted by atomic mass is 32.2. The van der Waals surface area contributed by atoms with E-state index in [1.165, 1.54) is 24.3 Å². The van der Waals surface area contributed by atoms with Crippen molar-refractivity contribution < 1.29 is 68.3 Å². The third-order valence-corrected chi connectivity index (χ3v) is 20.5. The van der Waals surface area contributed by atoms with Crippen LogP contribution in [0, 0.1) is 13.8 Å². The number of aliphatic hydroxyl groups is 2. The van der Waals surface area contributed by atoms with Crippen LogP contribution in [0.5, 0.6) is 0 Å². The fourth-order valence-corrected chi connectivity index (χ4v) is 11.6. The first-order valence-electron chi connectivity index (χ1n) is 25.0. The molecule has 2 fully saturated rings. The van der Waals surface area contributed by atoms with E-state index in [9.17, 15) is 27.0 Å². The maximum Gasteiger partial charge on any atom is 0.297 e. The summed E-state index contributed by atoms with van der Waals surface area (Å²) in [6.07, 6.45) is -9.85. The van der Waals surface area contributed by atoms with Gasteiger partial charge in [0.15, 0.2) is 27.0 Å². The van der Waals surface area contributed by atoms with Crippen LogP contribution in [-0.2, 0) is 74.7 Å². The van der Waals surface area contributed by atoms with Gasteiger partial charge in [-0.25, -0.2) is 0 Å². The summed E-state index contributed by atoms with van der Waals surface area (Å²) < 4.78 is 115. The fourth-order valence-electron chi connectivity index (χ4n) is 8.13. The SMILES string of the molecule is CCCCCCCCO[C@H]1O[C@H](COCc2ccccc2)[C@@H](O[C@H]2O[C@H](COCc3ccccc3)[C@@H](O[Si](C)(C)C(C)(C)C)[C@H](O)[C@@H]2OS(=O)(=O)c2ccc(C)cc2)[C@H](OS(=O)(=O)c2ccc(C)cc2)[C@@H]1O. The van der Waals surface area contributed by atoms with Crippen molar-refractivity contribution in [3.05, 3.63) is 131 Å². The highest BCUT2D eigenvalue weighted by Gasteiger charge is 2.56. The second-order valence-electron chi connectivity index (χ2n) is 20.3. The predicted molar refractivity (Wildman–Crippen MR) is 274 cm³/mol. The third kappa shape index (κ3) is 16.0. The van der Waals surface area contributed by atoms with Crippen LogP contribution in [0.1, 0.15) is 88.5 Å². The van der Waals surface area contributed by atoms with Gasteiger partial charge in [0, 0.05) is 6.61 Å². The lowest BCUT2D eigenvalue weighted by Crippen LogP contribution is -2.67. The quantitative estimate of drug-likeness (QED) is 0.0344. The second kappa shape index (κ2) is 26.4. The first-order valence-corrected chi connectivity index (χ1v) is 30.8. The predicted octanol–water partition coefficient (Wildman–Crippen LogP) is 8.91. The minimum atomic E-state index is -4.68. The molecule has 0 aliphatic carbocycles. The molecule has 2 aliphatic heterocycles. The number of rotatable bonds is 26. The van der Waals surface area contributed by atoms with E-state index in [1.54, 1.807) is 24.3 Å². The van der Waals surface area contributed by atoms with Crippen LogP contribution < -0.4 is 0 Å². The standard InChI is InChI=1S/C54H76O15S2Si/c1-9-10-11-12-13-20-33-63-52-47(56)50(67-70(57,58)42-29-25-38(2)26-30-42)49(45(64-52)37-62-35-41-23-18-15-19-24-41)66-53-51(68-71(59,60)43-31-27-39(3)28-32-43)46(55)48(69-72(7,8)54(4,5)6)44(65-53)36-61-34-40-21-16-14-17-22-40/h14-19,21-32,44-53,55-56H,9-13,20,33-37H2,1-8H3/t44-,45-,46+,47+,48-,49-,50-,51+,52+,53-/m1/s1. The van der Waals surface area contributed by atoms with Crippen LogP contribution in [0.4, 0.5) is 0 Å². The minimum Gasteiger partial charge on any atom is -0.408 e. The summed E-state index contributed by atoms with van der Waals surface area (Å²) in [6.45, 7) is 15.9. The molecule has 0 spiro atoms. The van der Waals surface area contributed by atoms with Gasteiger partial charge in [-0.1, -0.05) is 156 Å². The van der Waals surface area contributed by atoms with Gasteiger partial charge in [-0.15, -0.1) is 0 Å².